The topological polar surface area (TPSA) is 68.5 Å². The molecular formula is C20H17Br2Cl2N3O2. The fourth-order valence-electron chi connectivity index (χ4n) is 2.82. The van der Waals surface area contributed by atoms with Gasteiger partial charge in [0, 0.05) is 32.0 Å². The van der Waals surface area contributed by atoms with E-state index in [0.29, 0.717) is 27.0 Å². The average Bonchev–Trinajstić information content (AvgIpc) is 2.67. The van der Waals surface area contributed by atoms with E-state index in [9.17, 15) is 4.79 Å². The second-order valence-corrected chi connectivity index (χ2v) is 8.89. The molecule has 0 radical (unpaired) electrons. The number of hydrogen-bond acceptors (Lipinski definition) is 4. The first-order valence-electron chi connectivity index (χ1n) is 8.55. The summed E-state index contributed by atoms with van der Waals surface area (Å²) in [5.41, 5.74) is 8.13. The molecule has 3 aromatic rings. The van der Waals surface area contributed by atoms with Crippen molar-refractivity contribution in [2.45, 2.75) is 13.5 Å². The Kier molecular flexibility index (Phi) is 7.06. The average molecular weight is 562 g/mol. The molecule has 0 aliphatic rings. The van der Waals surface area contributed by atoms with Gasteiger partial charge in [0.2, 0.25) is 5.91 Å². The molecule has 0 aliphatic heterocycles. The summed E-state index contributed by atoms with van der Waals surface area (Å²) in [5, 5.41) is 1.72. The molecule has 2 N–H and O–H groups in total. The summed E-state index contributed by atoms with van der Waals surface area (Å²) in [4.78, 5) is 17.9. The van der Waals surface area contributed by atoms with Gasteiger partial charge in [-0.25, -0.2) is 4.98 Å². The van der Waals surface area contributed by atoms with Gasteiger partial charge >= 0.3 is 0 Å². The Balaban J connectivity index is 1.94. The maximum atomic E-state index is 11.9. The predicted molar refractivity (Wildman–Crippen MR) is 125 cm³/mol. The van der Waals surface area contributed by atoms with Gasteiger partial charge < -0.3 is 15.4 Å². The maximum absolute atomic E-state index is 11.9. The molecule has 0 atom stereocenters. The number of likely N-dealkylation sites (N-methyl/N-ethyl adjacent to an activating group) is 1. The van der Waals surface area contributed by atoms with Gasteiger partial charge in [-0.15, -0.1) is 0 Å². The third kappa shape index (κ3) is 4.70. The van der Waals surface area contributed by atoms with E-state index in [2.05, 4.69) is 36.8 Å². The molecule has 3 rings (SSSR count). The number of ether oxygens (including phenoxy) is 1. The van der Waals surface area contributed by atoms with Crippen LogP contribution in [0.3, 0.4) is 0 Å². The number of nitrogens with zero attached hydrogens (tertiary/aromatic N) is 2. The molecule has 0 saturated heterocycles. The largest absolute Gasteiger partial charge is 0.487 e. The van der Waals surface area contributed by atoms with Crippen molar-refractivity contribution in [1.82, 2.24) is 4.98 Å². The van der Waals surface area contributed by atoms with E-state index in [1.165, 1.54) is 4.90 Å². The van der Waals surface area contributed by atoms with Crippen LogP contribution in [0.15, 0.2) is 39.3 Å². The van der Waals surface area contributed by atoms with Crippen molar-refractivity contribution in [3.05, 3.63) is 60.6 Å². The summed E-state index contributed by atoms with van der Waals surface area (Å²) in [5.74, 6) is 0.358. The van der Waals surface area contributed by atoms with Crippen molar-refractivity contribution in [3.8, 4) is 5.75 Å². The van der Waals surface area contributed by atoms with Gasteiger partial charge in [-0.05, 0) is 37.3 Å². The molecule has 1 heterocycles. The SMILES string of the molecule is Cc1nc2cc(Br)cc(Br)c2cc1OCc1c(Cl)ccc(N(C)C(=O)CN)c1Cl. The second kappa shape index (κ2) is 9.18. The van der Waals surface area contributed by atoms with E-state index >= 15 is 0 Å². The van der Waals surface area contributed by atoms with Crippen molar-refractivity contribution >= 4 is 77.6 Å². The number of benzene rings is 2. The Bertz CT molecular complexity index is 1110. The zero-order chi connectivity index (χ0) is 21.3. The summed E-state index contributed by atoms with van der Waals surface area (Å²) in [6.45, 7) is 1.88. The van der Waals surface area contributed by atoms with Crippen LogP contribution >= 0.6 is 55.1 Å². The number of nitrogens with two attached hydrogens (primary N) is 1. The number of amides is 1. The first-order chi connectivity index (χ1) is 13.7. The van der Waals surface area contributed by atoms with E-state index < -0.39 is 0 Å². The number of hydrogen-bond donors (Lipinski definition) is 1. The van der Waals surface area contributed by atoms with E-state index in [1.54, 1.807) is 19.2 Å². The van der Waals surface area contributed by atoms with Crippen LogP contribution in [0.5, 0.6) is 5.75 Å². The molecule has 0 saturated carbocycles. The molecule has 0 unspecified atom stereocenters. The fourth-order valence-corrected chi connectivity index (χ4v) is 4.75. The van der Waals surface area contributed by atoms with Gasteiger partial charge in [0.05, 0.1) is 28.5 Å². The monoisotopic (exact) mass is 559 g/mol. The van der Waals surface area contributed by atoms with Crippen LogP contribution in [-0.2, 0) is 11.4 Å². The van der Waals surface area contributed by atoms with Gasteiger partial charge in [0.1, 0.15) is 12.4 Å². The number of aromatic nitrogens is 1. The summed E-state index contributed by atoms with van der Waals surface area (Å²) in [6.07, 6.45) is 0. The van der Waals surface area contributed by atoms with E-state index in [1.807, 2.05) is 25.1 Å². The van der Waals surface area contributed by atoms with Crippen LogP contribution < -0.4 is 15.4 Å². The number of halogens is 4. The van der Waals surface area contributed by atoms with Gasteiger partial charge in [-0.1, -0.05) is 55.1 Å². The number of fused-ring (bicyclic) bond motifs is 1. The third-order valence-electron chi connectivity index (χ3n) is 4.44. The Labute approximate surface area is 195 Å². The number of rotatable bonds is 5. The van der Waals surface area contributed by atoms with Crippen LogP contribution in [0, 0.1) is 6.92 Å². The predicted octanol–water partition coefficient (Wildman–Crippen LogP) is 5.88. The molecule has 0 spiro atoms. The van der Waals surface area contributed by atoms with E-state index in [-0.39, 0.29) is 19.1 Å². The number of aryl methyl sites for hydroxylation is 1. The molecule has 2 aromatic carbocycles. The lowest BCUT2D eigenvalue weighted by atomic mass is 10.1. The molecular weight excluding hydrogens is 545 g/mol. The molecule has 0 aliphatic carbocycles. The van der Waals surface area contributed by atoms with Crippen LogP contribution in [0.1, 0.15) is 11.3 Å². The quantitative estimate of drug-likeness (QED) is 0.423. The number of carbonyl (C=O) groups is 1. The molecule has 1 amide bonds. The van der Waals surface area contributed by atoms with Crippen molar-refractivity contribution in [1.29, 1.82) is 0 Å². The van der Waals surface area contributed by atoms with Crippen LogP contribution in [0.4, 0.5) is 5.69 Å². The molecule has 1 aromatic heterocycles. The highest BCUT2D eigenvalue weighted by Gasteiger charge is 2.18. The summed E-state index contributed by atoms with van der Waals surface area (Å²) < 4.78 is 7.84. The van der Waals surface area contributed by atoms with Crippen LogP contribution in [0.2, 0.25) is 10.0 Å². The van der Waals surface area contributed by atoms with Gasteiger partial charge in [-0.2, -0.15) is 0 Å². The highest BCUT2D eigenvalue weighted by Crippen LogP contribution is 2.36. The summed E-state index contributed by atoms with van der Waals surface area (Å²) >= 11 is 19.9. The highest BCUT2D eigenvalue weighted by molar-refractivity contribution is 9.11. The molecule has 152 valence electrons. The Morgan fingerprint density at radius 2 is 1.97 bits per heavy atom. The molecule has 0 bridgehead atoms. The first-order valence-corrected chi connectivity index (χ1v) is 10.9. The molecule has 29 heavy (non-hydrogen) atoms. The number of carbonyl (C=O) groups excluding carboxylic acids is 1. The Morgan fingerprint density at radius 1 is 1.24 bits per heavy atom. The zero-order valence-corrected chi connectivity index (χ0v) is 20.3. The van der Waals surface area contributed by atoms with Gasteiger partial charge in [0.15, 0.2) is 0 Å². The number of pyridine rings is 1. The van der Waals surface area contributed by atoms with E-state index in [4.69, 9.17) is 33.7 Å². The first kappa shape index (κ1) is 22.3. The summed E-state index contributed by atoms with van der Waals surface area (Å²) in [7, 11) is 1.61. The molecule has 9 heteroatoms. The minimum Gasteiger partial charge on any atom is -0.487 e. The zero-order valence-electron chi connectivity index (χ0n) is 15.6. The van der Waals surface area contributed by atoms with Crippen LogP contribution in [-0.4, -0.2) is 24.5 Å². The maximum Gasteiger partial charge on any atom is 0.240 e. The highest BCUT2D eigenvalue weighted by atomic mass is 79.9. The summed E-state index contributed by atoms with van der Waals surface area (Å²) in [6, 6.07) is 9.17. The minimum atomic E-state index is -0.258. The van der Waals surface area contributed by atoms with Crippen molar-refractivity contribution in [2.75, 3.05) is 18.5 Å². The molecule has 5 nitrogen and oxygen atoms in total. The molecule has 0 fully saturated rings. The Morgan fingerprint density at radius 3 is 2.66 bits per heavy atom. The second-order valence-electron chi connectivity index (χ2n) is 6.33. The minimum absolute atomic E-state index is 0.117. The standard InChI is InChI=1S/C20H17Br2Cl2N3O2/c1-10-18(7-12-14(22)5-11(21)6-16(12)26-10)29-9-13-15(23)3-4-17(20(13)24)27(2)19(28)8-25/h3-7H,8-9,25H2,1-2H3. The van der Waals surface area contributed by atoms with Crippen molar-refractivity contribution in [2.24, 2.45) is 5.73 Å². The lowest BCUT2D eigenvalue weighted by Gasteiger charge is -2.20. The van der Waals surface area contributed by atoms with Gasteiger partial charge in [-0.3, -0.25) is 4.79 Å². The lowest BCUT2D eigenvalue weighted by molar-refractivity contribution is -0.117. The fraction of sp³-hybridized carbons (Fsp3) is 0.200. The van der Waals surface area contributed by atoms with Crippen LogP contribution in [0.25, 0.3) is 10.9 Å². The number of anilines is 1. The van der Waals surface area contributed by atoms with E-state index in [0.717, 1.165) is 25.5 Å². The lowest BCUT2D eigenvalue weighted by Crippen LogP contribution is -2.32. The normalized spacial score (nSPS) is 11.0. The van der Waals surface area contributed by atoms with Crippen molar-refractivity contribution < 1.29 is 9.53 Å². The smallest absolute Gasteiger partial charge is 0.240 e. The van der Waals surface area contributed by atoms with Crippen molar-refractivity contribution in [3.63, 3.8) is 0 Å². The van der Waals surface area contributed by atoms with Gasteiger partial charge in [0.25, 0.3) is 0 Å². The Hall–Kier alpha value is -1.38. The third-order valence-corrected chi connectivity index (χ3v) is 6.33.